The van der Waals surface area contributed by atoms with Gasteiger partial charge in [0.1, 0.15) is 6.04 Å². The lowest BCUT2D eigenvalue weighted by molar-refractivity contribution is -0.125. The van der Waals surface area contributed by atoms with Gasteiger partial charge in [0.05, 0.1) is 21.6 Å². The van der Waals surface area contributed by atoms with Gasteiger partial charge < -0.3 is 5.11 Å². The third kappa shape index (κ3) is 5.65. The van der Waals surface area contributed by atoms with Crippen LogP contribution in [0, 0.1) is 0 Å². The third-order valence-corrected chi connectivity index (χ3v) is 9.70. The highest BCUT2D eigenvalue weighted by atomic mass is 32.2. The summed E-state index contributed by atoms with van der Waals surface area (Å²) in [4.78, 5) is 24.6. The van der Waals surface area contributed by atoms with Gasteiger partial charge in [-0.05, 0) is 30.3 Å². The Labute approximate surface area is 220 Å². The first kappa shape index (κ1) is 27.1. The number of hydrogen-bond donors (Lipinski definition) is 2. The summed E-state index contributed by atoms with van der Waals surface area (Å²) in [5, 5.41) is 13.1. The zero-order chi connectivity index (χ0) is 27.3. The van der Waals surface area contributed by atoms with Crippen LogP contribution in [0.5, 0.6) is 0 Å². The zero-order valence-corrected chi connectivity index (χ0v) is 21.5. The van der Waals surface area contributed by atoms with Crippen molar-refractivity contribution >= 4 is 38.1 Å². The molecule has 0 unspecified atom stereocenters. The van der Waals surface area contributed by atoms with Crippen LogP contribution in [-0.2, 0) is 24.8 Å². The number of nitrogens with one attached hydrogen (secondary N) is 1. The van der Waals surface area contributed by atoms with Crippen molar-refractivity contribution < 1.29 is 31.5 Å². The molecule has 4 rings (SSSR count). The molecular formula is C25H24N4O7S2. The lowest BCUT2D eigenvalue weighted by Gasteiger charge is -2.38. The van der Waals surface area contributed by atoms with Crippen LogP contribution in [0.3, 0.4) is 0 Å². The second kappa shape index (κ2) is 11.2. The Morgan fingerprint density at radius 3 is 1.97 bits per heavy atom. The van der Waals surface area contributed by atoms with Gasteiger partial charge >= 0.3 is 5.97 Å². The molecule has 1 aliphatic heterocycles. The Bertz CT molecular complexity index is 1560. The first-order valence-electron chi connectivity index (χ1n) is 11.4. The van der Waals surface area contributed by atoms with Crippen molar-refractivity contribution in [2.75, 3.05) is 19.6 Å². The molecule has 1 fully saturated rings. The number of piperazine rings is 1. The van der Waals surface area contributed by atoms with E-state index in [4.69, 9.17) is 0 Å². The van der Waals surface area contributed by atoms with Crippen LogP contribution in [0.25, 0.3) is 0 Å². The van der Waals surface area contributed by atoms with Gasteiger partial charge in [-0.3, -0.25) is 4.79 Å². The topological polar surface area (TPSA) is 154 Å². The van der Waals surface area contributed by atoms with Crippen molar-refractivity contribution in [3.05, 3.63) is 96.1 Å². The third-order valence-electron chi connectivity index (χ3n) is 5.90. The number of benzene rings is 3. The lowest BCUT2D eigenvalue weighted by Crippen LogP contribution is -2.60. The number of rotatable bonds is 8. The van der Waals surface area contributed by atoms with E-state index in [1.807, 2.05) is 0 Å². The number of hydrogen-bond acceptors (Lipinski definition) is 7. The van der Waals surface area contributed by atoms with Crippen LogP contribution >= 0.6 is 0 Å². The predicted octanol–water partition coefficient (Wildman–Crippen LogP) is 1.60. The summed E-state index contributed by atoms with van der Waals surface area (Å²) >= 11 is 0. The fourth-order valence-corrected chi connectivity index (χ4v) is 7.02. The Morgan fingerprint density at radius 2 is 1.37 bits per heavy atom. The molecule has 0 spiro atoms. The monoisotopic (exact) mass is 556 g/mol. The summed E-state index contributed by atoms with van der Waals surface area (Å²) in [5.41, 5.74) is 2.41. The van der Waals surface area contributed by atoms with Crippen molar-refractivity contribution in [2.45, 2.75) is 15.8 Å². The summed E-state index contributed by atoms with van der Waals surface area (Å²) in [5.74, 6) is -2.06. The first-order chi connectivity index (χ1) is 18.1. The molecule has 1 heterocycles. The number of carboxylic acids is 1. The molecule has 0 aliphatic carbocycles. The summed E-state index contributed by atoms with van der Waals surface area (Å²) < 4.78 is 55.3. The predicted molar refractivity (Wildman–Crippen MR) is 138 cm³/mol. The maximum absolute atomic E-state index is 13.4. The Kier molecular flexibility index (Phi) is 8.02. The van der Waals surface area contributed by atoms with E-state index in [-0.39, 0.29) is 34.0 Å². The van der Waals surface area contributed by atoms with E-state index < -0.39 is 44.5 Å². The number of hydrazone groups is 1. The van der Waals surface area contributed by atoms with Gasteiger partial charge in [-0.25, -0.2) is 27.1 Å². The van der Waals surface area contributed by atoms with Crippen molar-refractivity contribution in [2.24, 2.45) is 5.10 Å². The highest BCUT2D eigenvalue weighted by Crippen LogP contribution is 2.25. The molecule has 3 aromatic rings. The fraction of sp³-hybridized carbons (Fsp3) is 0.160. The summed E-state index contributed by atoms with van der Waals surface area (Å²) in [6.07, 6.45) is 1.12. The number of sulfonamides is 2. The minimum absolute atomic E-state index is 0.0156. The molecule has 0 saturated carbocycles. The van der Waals surface area contributed by atoms with Crippen LogP contribution in [0.4, 0.5) is 0 Å². The second-order valence-corrected chi connectivity index (χ2v) is 12.1. The van der Waals surface area contributed by atoms with Crippen molar-refractivity contribution in [1.29, 1.82) is 0 Å². The van der Waals surface area contributed by atoms with E-state index in [1.165, 1.54) is 42.5 Å². The molecule has 3 aromatic carbocycles. The highest BCUT2D eigenvalue weighted by Gasteiger charge is 2.43. The van der Waals surface area contributed by atoms with E-state index in [0.717, 1.165) is 14.8 Å². The van der Waals surface area contributed by atoms with Gasteiger partial charge in [-0.2, -0.15) is 13.7 Å². The lowest BCUT2D eigenvalue weighted by atomic mass is 10.1. The number of carbonyl (C=O) groups is 2. The van der Waals surface area contributed by atoms with Crippen molar-refractivity contribution in [3.8, 4) is 0 Å². The normalized spacial score (nSPS) is 17.3. The van der Waals surface area contributed by atoms with Crippen LogP contribution in [0.1, 0.15) is 15.9 Å². The molecule has 198 valence electrons. The number of amides is 1. The Hall–Kier alpha value is -3.91. The quantitative estimate of drug-likeness (QED) is 0.316. The molecule has 1 atom stereocenters. The SMILES string of the molecule is O=C(O)c1ccccc1/C=N\NC(=O)[C@@H]1CN(S(=O)(=O)c2ccccc2)CCN1S(=O)(=O)c1ccccc1. The Balaban J connectivity index is 1.64. The highest BCUT2D eigenvalue weighted by molar-refractivity contribution is 7.89. The van der Waals surface area contributed by atoms with E-state index in [1.54, 1.807) is 42.5 Å². The van der Waals surface area contributed by atoms with E-state index in [2.05, 4.69) is 10.5 Å². The van der Waals surface area contributed by atoms with Crippen LogP contribution in [0.15, 0.2) is 99.8 Å². The Morgan fingerprint density at radius 1 is 0.816 bits per heavy atom. The molecule has 11 nitrogen and oxygen atoms in total. The molecule has 0 radical (unpaired) electrons. The molecule has 1 saturated heterocycles. The van der Waals surface area contributed by atoms with Gasteiger partial charge in [0.2, 0.25) is 20.0 Å². The maximum atomic E-state index is 13.4. The van der Waals surface area contributed by atoms with Gasteiger partial charge in [0, 0.05) is 25.2 Å². The van der Waals surface area contributed by atoms with E-state index in [9.17, 15) is 31.5 Å². The van der Waals surface area contributed by atoms with Gasteiger partial charge in [-0.1, -0.05) is 54.6 Å². The van der Waals surface area contributed by atoms with E-state index in [0.29, 0.717) is 0 Å². The van der Waals surface area contributed by atoms with Crippen LogP contribution < -0.4 is 5.43 Å². The number of aromatic carboxylic acids is 1. The van der Waals surface area contributed by atoms with Crippen LogP contribution in [0.2, 0.25) is 0 Å². The average Bonchev–Trinajstić information content (AvgIpc) is 2.93. The first-order valence-corrected chi connectivity index (χ1v) is 14.3. The van der Waals surface area contributed by atoms with E-state index >= 15 is 0 Å². The number of nitrogens with zero attached hydrogens (tertiary/aromatic N) is 3. The molecule has 1 amide bonds. The largest absolute Gasteiger partial charge is 0.478 e. The molecule has 13 heteroatoms. The van der Waals surface area contributed by atoms with Gasteiger partial charge in [0.25, 0.3) is 5.91 Å². The van der Waals surface area contributed by atoms with Crippen LogP contribution in [-0.4, -0.2) is 74.3 Å². The van der Waals surface area contributed by atoms with Crippen molar-refractivity contribution in [1.82, 2.24) is 14.0 Å². The molecule has 1 aliphatic rings. The minimum Gasteiger partial charge on any atom is -0.478 e. The van der Waals surface area contributed by atoms with Gasteiger partial charge in [0.15, 0.2) is 0 Å². The summed E-state index contributed by atoms with van der Waals surface area (Å²) in [6.45, 7) is -0.883. The minimum atomic E-state index is -4.16. The molecule has 38 heavy (non-hydrogen) atoms. The summed E-state index contributed by atoms with van der Waals surface area (Å²) in [7, 11) is -8.18. The molecule has 2 N–H and O–H groups in total. The fourth-order valence-electron chi connectivity index (χ4n) is 3.97. The smallest absolute Gasteiger partial charge is 0.336 e. The van der Waals surface area contributed by atoms with Gasteiger partial charge in [-0.15, -0.1) is 0 Å². The van der Waals surface area contributed by atoms with Crippen molar-refractivity contribution in [3.63, 3.8) is 0 Å². The second-order valence-electron chi connectivity index (χ2n) is 8.25. The molecular weight excluding hydrogens is 532 g/mol. The zero-order valence-electron chi connectivity index (χ0n) is 19.9. The molecule has 0 bridgehead atoms. The number of carbonyl (C=O) groups excluding carboxylic acids is 1. The molecule has 0 aromatic heterocycles. The number of carboxylic acid groups (broad SMARTS) is 1. The maximum Gasteiger partial charge on any atom is 0.336 e. The summed E-state index contributed by atoms with van der Waals surface area (Å²) in [6, 6.07) is 19.7. The standard InChI is InChI=1S/C25H24N4O7S2/c30-24(27-26-17-19-9-7-8-14-22(19)25(31)32)23-18-28(37(33,34)20-10-3-1-4-11-20)15-16-29(23)38(35,36)21-12-5-2-6-13-21/h1-14,17,23H,15-16,18H2,(H,27,30)(H,31,32)/b26-17-/t23-/m0/s1. The average molecular weight is 557 g/mol.